The first-order valence-electron chi connectivity index (χ1n) is 10.3. The van der Waals surface area contributed by atoms with Crippen molar-refractivity contribution in [2.45, 2.75) is 45.6 Å². The van der Waals surface area contributed by atoms with E-state index in [2.05, 4.69) is 20.6 Å². The minimum atomic E-state index is -0.298. The van der Waals surface area contributed by atoms with Crippen LogP contribution in [0.5, 0.6) is 0 Å². The number of fused-ring (bicyclic) bond motifs is 1. The van der Waals surface area contributed by atoms with Gasteiger partial charge in [-0.3, -0.25) is 4.79 Å². The number of carbonyl (C=O) groups is 1. The Morgan fingerprint density at radius 3 is 2.71 bits per heavy atom. The second-order valence-electron chi connectivity index (χ2n) is 8.09. The van der Waals surface area contributed by atoms with Gasteiger partial charge >= 0.3 is 0 Å². The van der Waals surface area contributed by atoms with E-state index in [1.54, 1.807) is 29.9 Å². The molecular formula is C23H22FN5O2. The van der Waals surface area contributed by atoms with E-state index in [0.29, 0.717) is 28.3 Å². The highest BCUT2D eigenvalue weighted by atomic mass is 19.1. The van der Waals surface area contributed by atoms with Gasteiger partial charge in [-0.2, -0.15) is 5.10 Å². The van der Waals surface area contributed by atoms with Crippen molar-refractivity contribution in [2.24, 2.45) is 0 Å². The molecule has 1 amide bonds. The Labute approximate surface area is 178 Å². The van der Waals surface area contributed by atoms with Crippen molar-refractivity contribution in [1.82, 2.24) is 25.2 Å². The number of aromatic nitrogens is 4. The first-order valence-corrected chi connectivity index (χ1v) is 10.3. The van der Waals surface area contributed by atoms with E-state index < -0.39 is 0 Å². The molecule has 158 valence electrons. The summed E-state index contributed by atoms with van der Waals surface area (Å²) < 4.78 is 20.3. The first-order chi connectivity index (χ1) is 14.9. The lowest BCUT2D eigenvalue weighted by Gasteiger charge is -2.15. The Morgan fingerprint density at radius 1 is 1.26 bits per heavy atom. The molecule has 31 heavy (non-hydrogen) atoms. The summed E-state index contributed by atoms with van der Waals surface area (Å²) in [5.74, 6) is -0.121. The predicted octanol–water partition coefficient (Wildman–Crippen LogP) is 4.53. The smallest absolute Gasteiger partial charge is 0.259 e. The number of rotatable bonds is 5. The number of amides is 1. The molecule has 4 aromatic rings. The maximum absolute atomic E-state index is 13.2. The van der Waals surface area contributed by atoms with Crippen LogP contribution >= 0.6 is 0 Å². The molecule has 1 saturated carbocycles. The summed E-state index contributed by atoms with van der Waals surface area (Å²) in [6.07, 6.45) is 3.88. The summed E-state index contributed by atoms with van der Waals surface area (Å²) in [6, 6.07) is 7.72. The number of nitrogens with zero attached hydrogens (tertiary/aromatic N) is 4. The van der Waals surface area contributed by atoms with Crippen LogP contribution in [0.2, 0.25) is 0 Å². The molecule has 0 aliphatic heterocycles. The molecule has 8 heteroatoms. The second kappa shape index (κ2) is 7.30. The molecule has 0 saturated heterocycles. The Hall–Kier alpha value is -3.55. The minimum absolute atomic E-state index is 0.206. The monoisotopic (exact) mass is 419 g/mol. The van der Waals surface area contributed by atoms with E-state index in [1.807, 2.05) is 19.9 Å². The van der Waals surface area contributed by atoms with Crippen LogP contribution in [0.1, 0.15) is 64.7 Å². The van der Waals surface area contributed by atoms with Crippen LogP contribution in [0, 0.1) is 19.7 Å². The van der Waals surface area contributed by atoms with E-state index in [4.69, 9.17) is 4.52 Å². The summed E-state index contributed by atoms with van der Waals surface area (Å²) in [4.78, 5) is 17.8. The number of hydrogen-bond acceptors (Lipinski definition) is 5. The summed E-state index contributed by atoms with van der Waals surface area (Å²) in [5, 5.41) is 12.1. The number of carbonyl (C=O) groups excluding carboxylic acids is 1. The number of pyridine rings is 1. The quantitative estimate of drug-likeness (QED) is 0.514. The molecule has 1 aromatic carbocycles. The van der Waals surface area contributed by atoms with Crippen LogP contribution in [-0.4, -0.2) is 25.8 Å². The molecule has 1 aliphatic carbocycles. The zero-order valence-corrected chi connectivity index (χ0v) is 17.5. The molecule has 0 spiro atoms. The van der Waals surface area contributed by atoms with Gasteiger partial charge in [0.2, 0.25) is 0 Å². The number of aryl methyl sites for hydroxylation is 1. The minimum Gasteiger partial charge on any atom is -0.345 e. The lowest BCUT2D eigenvalue weighted by molar-refractivity contribution is 0.0941. The topological polar surface area (TPSA) is 85.8 Å². The van der Waals surface area contributed by atoms with Crippen molar-refractivity contribution >= 4 is 17.0 Å². The zero-order chi connectivity index (χ0) is 21.7. The molecule has 1 N–H and O–H groups in total. The average molecular weight is 419 g/mol. The predicted molar refractivity (Wildman–Crippen MR) is 113 cm³/mol. The van der Waals surface area contributed by atoms with Crippen molar-refractivity contribution in [2.75, 3.05) is 0 Å². The molecule has 3 aromatic heterocycles. The summed E-state index contributed by atoms with van der Waals surface area (Å²) in [6.45, 7) is 5.65. The first kappa shape index (κ1) is 19.4. The van der Waals surface area contributed by atoms with Crippen LogP contribution < -0.4 is 5.32 Å². The molecule has 0 radical (unpaired) electrons. The van der Waals surface area contributed by atoms with Crippen molar-refractivity contribution in [3.63, 3.8) is 0 Å². The van der Waals surface area contributed by atoms with Gasteiger partial charge in [-0.1, -0.05) is 5.16 Å². The molecule has 7 nitrogen and oxygen atoms in total. The van der Waals surface area contributed by atoms with Crippen LogP contribution in [0.3, 0.4) is 0 Å². The van der Waals surface area contributed by atoms with Crippen molar-refractivity contribution < 1.29 is 13.7 Å². The third-order valence-corrected chi connectivity index (χ3v) is 5.81. The molecular weight excluding hydrogens is 397 g/mol. The van der Waals surface area contributed by atoms with E-state index in [0.717, 1.165) is 35.5 Å². The summed E-state index contributed by atoms with van der Waals surface area (Å²) in [5.41, 5.74) is 4.96. The Bertz CT molecular complexity index is 1290. The lowest BCUT2D eigenvalue weighted by Crippen LogP contribution is -2.27. The SMILES string of the molecule is Cc1noc2nc(C3CC3)cc(C(=O)N[C@@H](C)c3cnn(-c4ccc(F)cc4)c3C)c12. The number of nitrogens with one attached hydrogen (secondary N) is 1. The van der Waals surface area contributed by atoms with Gasteiger partial charge in [0.15, 0.2) is 0 Å². The maximum atomic E-state index is 13.2. The van der Waals surface area contributed by atoms with Gasteiger partial charge in [0.1, 0.15) is 5.82 Å². The molecule has 0 unspecified atom stereocenters. The fourth-order valence-electron chi connectivity index (χ4n) is 3.92. The fraction of sp³-hybridized carbons (Fsp3) is 0.304. The molecule has 0 bridgehead atoms. The molecule has 1 fully saturated rings. The third-order valence-electron chi connectivity index (χ3n) is 5.81. The third kappa shape index (κ3) is 3.48. The summed E-state index contributed by atoms with van der Waals surface area (Å²) in [7, 11) is 0. The van der Waals surface area contributed by atoms with Gasteiger partial charge in [-0.25, -0.2) is 14.1 Å². The van der Waals surface area contributed by atoms with Crippen LogP contribution in [0.15, 0.2) is 41.1 Å². The Balaban J connectivity index is 1.44. The van der Waals surface area contributed by atoms with Crippen molar-refractivity contribution in [1.29, 1.82) is 0 Å². The number of halogens is 1. The highest BCUT2D eigenvalue weighted by molar-refractivity contribution is 6.06. The molecule has 5 rings (SSSR count). The maximum Gasteiger partial charge on any atom is 0.259 e. The molecule has 1 atom stereocenters. The zero-order valence-electron chi connectivity index (χ0n) is 17.5. The largest absolute Gasteiger partial charge is 0.345 e. The lowest BCUT2D eigenvalue weighted by atomic mass is 10.1. The van der Waals surface area contributed by atoms with E-state index in [1.165, 1.54) is 12.1 Å². The van der Waals surface area contributed by atoms with Crippen molar-refractivity contribution in [3.05, 3.63) is 70.6 Å². The van der Waals surface area contributed by atoms with Gasteiger partial charge in [0, 0.05) is 22.9 Å². The standard InChI is InChI=1S/C23H22FN5O2/c1-12(19-11-25-29(14(19)3)17-8-6-16(24)7-9-17)26-22(30)18-10-20(15-4-5-15)27-23-21(18)13(2)28-31-23/h6-12,15H,4-5H2,1-3H3,(H,26,30)/t12-/m0/s1. The molecule has 1 aliphatic rings. The number of benzene rings is 1. The van der Waals surface area contributed by atoms with Gasteiger partial charge in [-0.05, 0) is 63.9 Å². The van der Waals surface area contributed by atoms with E-state index >= 15 is 0 Å². The molecule has 3 heterocycles. The van der Waals surface area contributed by atoms with E-state index in [-0.39, 0.29) is 17.8 Å². The summed E-state index contributed by atoms with van der Waals surface area (Å²) >= 11 is 0. The van der Waals surface area contributed by atoms with Crippen LogP contribution in [0.25, 0.3) is 16.8 Å². The average Bonchev–Trinajstić information content (AvgIpc) is 3.44. The van der Waals surface area contributed by atoms with Gasteiger partial charge in [0.05, 0.1) is 34.6 Å². The van der Waals surface area contributed by atoms with Crippen LogP contribution in [-0.2, 0) is 0 Å². The van der Waals surface area contributed by atoms with Crippen LogP contribution in [0.4, 0.5) is 4.39 Å². The van der Waals surface area contributed by atoms with Gasteiger partial charge in [-0.15, -0.1) is 0 Å². The van der Waals surface area contributed by atoms with E-state index in [9.17, 15) is 9.18 Å². The second-order valence-corrected chi connectivity index (χ2v) is 8.09. The van der Waals surface area contributed by atoms with Gasteiger partial charge in [0.25, 0.3) is 11.6 Å². The highest BCUT2D eigenvalue weighted by Gasteiger charge is 2.29. The number of hydrogen-bond donors (Lipinski definition) is 1. The Kier molecular flexibility index (Phi) is 4.57. The normalized spacial score (nSPS) is 14.7. The van der Waals surface area contributed by atoms with Crippen molar-refractivity contribution in [3.8, 4) is 5.69 Å². The Morgan fingerprint density at radius 2 is 2.00 bits per heavy atom. The van der Waals surface area contributed by atoms with Gasteiger partial charge < -0.3 is 9.84 Å². The fourth-order valence-corrected chi connectivity index (χ4v) is 3.92. The highest BCUT2D eigenvalue weighted by Crippen LogP contribution is 2.40.